The third-order valence-electron chi connectivity index (χ3n) is 2.48. The number of aromatic nitrogens is 2. The van der Waals surface area contributed by atoms with Gasteiger partial charge in [-0.25, -0.2) is 9.78 Å². The Morgan fingerprint density at radius 2 is 2.24 bits per heavy atom. The lowest BCUT2D eigenvalue weighted by atomic mass is 10.2. The van der Waals surface area contributed by atoms with E-state index in [1.54, 1.807) is 16.8 Å². The third kappa shape index (κ3) is 3.17. The van der Waals surface area contributed by atoms with Crippen molar-refractivity contribution in [2.75, 3.05) is 11.9 Å². The number of anilines is 1. The summed E-state index contributed by atoms with van der Waals surface area (Å²) in [6.07, 6.45) is 3.25. The molecule has 17 heavy (non-hydrogen) atoms. The van der Waals surface area contributed by atoms with Crippen LogP contribution in [0.4, 0.5) is 5.69 Å². The normalized spacial score (nSPS) is 10.2. The van der Waals surface area contributed by atoms with Crippen LogP contribution in [0.1, 0.15) is 5.56 Å². The van der Waals surface area contributed by atoms with E-state index in [9.17, 15) is 4.79 Å². The zero-order valence-electron chi connectivity index (χ0n) is 9.76. The summed E-state index contributed by atoms with van der Waals surface area (Å²) in [4.78, 5) is 15.0. The lowest BCUT2D eigenvalue weighted by Gasteiger charge is -2.08. The second kappa shape index (κ2) is 5.30. The molecule has 0 saturated heterocycles. The van der Waals surface area contributed by atoms with Gasteiger partial charge in [0, 0.05) is 31.2 Å². The molecule has 0 aliphatic carbocycles. The van der Waals surface area contributed by atoms with Crippen LogP contribution in [0.15, 0.2) is 47.5 Å². The van der Waals surface area contributed by atoms with Crippen molar-refractivity contribution < 1.29 is 0 Å². The highest BCUT2D eigenvalue weighted by Gasteiger charge is 1.95. The SMILES string of the molecule is Cc1cccc(NCCn2cccnc2=O)c1. The highest BCUT2D eigenvalue weighted by molar-refractivity contribution is 5.45. The molecule has 0 fully saturated rings. The first-order valence-corrected chi connectivity index (χ1v) is 5.58. The molecule has 0 amide bonds. The minimum absolute atomic E-state index is 0.210. The van der Waals surface area contributed by atoms with E-state index in [1.165, 1.54) is 11.8 Å². The Hall–Kier alpha value is -2.10. The smallest absolute Gasteiger partial charge is 0.347 e. The van der Waals surface area contributed by atoms with Crippen LogP contribution in [0.25, 0.3) is 0 Å². The molecule has 0 saturated carbocycles. The highest BCUT2D eigenvalue weighted by Crippen LogP contribution is 2.08. The highest BCUT2D eigenvalue weighted by atomic mass is 16.1. The molecule has 4 heteroatoms. The molecule has 0 atom stereocenters. The minimum atomic E-state index is -0.210. The molecule has 4 nitrogen and oxygen atoms in total. The van der Waals surface area contributed by atoms with Gasteiger partial charge in [-0.1, -0.05) is 12.1 Å². The predicted octanol–water partition coefficient (Wildman–Crippen LogP) is 1.66. The summed E-state index contributed by atoms with van der Waals surface area (Å²) in [5, 5.41) is 3.27. The molecule has 0 aliphatic heterocycles. The maximum atomic E-state index is 11.3. The van der Waals surface area contributed by atoms with Gasteiger partial charge in [0.1, 0.15) is 0 Å². The Morgan fingerprint density at radius 3 is 3.00 bits per heavy atom. The minimum Gasteiger partial charge on any atom is -0.383 e. The number of hydrogen-bond donors (Lipinski definition) is 1. The summed E-state index contributed by atoms with van der Waals surface area (Å²) < 4.78 is 1.59. The van der Waals surface area contributed by atoms with Crippen LogP contribution in [-0.4, -0.2) is 16.1 Å². The van der Waals surface area contributed by atoms with E-state index >= 15 is 0 Å². The van der Waals surface area contributed by atoms with E-state index in [-0.39, 0.29) is 5.69 Å². The first-order chi connectivity index (χ1) is 8.25. The van der Waals surface area contributed by atoms with Crippen LogP contribution in [0.3, 0.4) is 0 Å². The van der Waals surface area contributed by atoms with Crippen molar-refractivity contribution in [3.63, 3.8) is 0 Å². The van der Waals surface area contributed by atoms with Crippen LogP contribution in [0.2, 0.25) is 0 Å². The van der Waals surface area contributed by atoms with Gasteiger partial charge in [-0.15, -0.1) is 0 Å². The van der Waals surface area contributed by atoms with Gasteiger partial charge in [0.2, 0.25) is 0 Å². The van der Waals surface area contributed by atoms with Crippen molar-refractivity contribution in [2.24, 2.45) is 0 Å². The largest absolute Gasteiger partial charge is 0.383 e. The maximum absolute atomic E-state index is 11.3. The van der Waals surface area contributed by atoms with E-state index in [2.05, 4.69) is 29.4 Å². The van der Waals surface area contributed by atoms with Crippen LogP contribution in [-0.2, 0) is 6.54 Å². The van der Waals surface area contributed by atoms with Crippen LogP contribution >= 0.6 is 0 Å². The van der Waals surface area contributed by atoms with Crippen molar-refractivity contribution in [1.82, 2.24) is 9.55 Å². The third-order valence-corrected chi connectivity index (χ3v) is 2.48. The van der Waals surface area contributed by atoms with Gasteiger partial charge in [-0.05, 0) is 30.7 Å². The van der Waals surface area contributed by atoms with Crippen LogP contribution in [0, 0.1) is 6.92 Å². The molecule has 1 N–H and O–H groups in total. The fourth-order valence-corrected chi connectivity index (χ4v) is 1.63. The van der Waals surface area contributed by atoms with E-state index in [1.807, 2.05) is 12.1 Å². The molecular weight excluding hydrogens is 214 g/mol. The lowest BCUT2D eigenvalue weighted by molar-refractivity contribution is 0.674. The Balaban J connectivity index is 1.92. The molecule has 1 heterocycles. The van der Waals surface area contributed by atoms with Crippen molar-refractivity contribution in [2.45, 2.75) is 13.5 Å². The summed E-state index contributed by atoms with van der Waals surface area (Å²) in [7, 11) is 0. The van der Waals surface area contributed by atoms with Gasteiger partial charge in [0.05, 0.1) is 0 Å². The lowest BCUT2D eigenvalue weighted by Crippen LogP contribution is -2.24. The first-order valence-electron chi connectivity index (χ1n) is 5.58. The number of hydrogen-bond acceptors (Lipinski definition) is 3. The molecule has 2 aromatic rings. The van der Waals surface area contributed by atoms with Gasteiger partial charge in [0.25, 0.3) is 0 Å². The van der Waals surface area contributed by atoms with E-state index < -0.39 is 0 Å². The molecule has 0 bridgehead atoms. The average molecular weight is 229 g/mol. The first kappa shape index (κ1) is 11.4. The second-order valence-corrected chi connectivity index (χ2v) is 3.89. The topological polar surface area (TPSA) is 46.9 Å². The molecule has 0 radical (unpaired) electrons. The zero-order chi connectivity index (χ0) is 12.1. The molecule has 0 aliphatic rings. The molecule has 2 rings (SSSR count). The van der Waals surface area contributed by atoms with Gasteiger partial charge in [0.15, 0.2) is 0 Å². The number of benzene rings is 1. The molecular formula is C13H15N3O. The summed E-state index contributed by atoms with van der Waals surface area (Å²) >= 11 is 0. The molecule has 88 valence electrons. The van der Waals surface area contributed by atoms with Crippen LogP contribution < -0.4 is 11.0 Å². The Kier molecular flexibility index (Phi) is 3.55. The average Bonchev–Trinajstić information content (AvgIpc) is 2.32. The molecule has 0 spiro atoms. The van der Waals surface area contributed by atoms with E-state index in [0.717, 1.165) is 5.69 Å². The zero-order valence-corrected chi connectivity index (χ0v) is 9.76. The van der Waals surface area contributed by atoms with Crippen molar-refractivity contribution in [3.05, 3.63) is 58.8 Å². The molecule has 0 unspecified atom stereocenters. The van der Waals surface area contributed by atoms with Crippen molar-refractivity contribution in [1.29, 1.82) is 0 Å². The predicted molar refractivity (Wildman–Crippen MR) is 68.2 cm³/mol. The second-order valence-electron chi connectivity index (χ2n) is 3.89. The van der Waals surface area contributed by atoms with E-state index in [0.29, 0.717) is 13.1 Å². The number of nitrogens with one attached hydrogen (secondary N) is 1. The Labute approximate surface area is 99.9 Å². The van der Waals surface area contributed by atoms with Crippen molar-refractivity contribution in [3.8, 4) is 0 Å². The number of rotatable bonds is 4. The summed E-state index contributed by atoms with van der Waals surface area (Å²) in [6, 6.07) is 9.91. The van der Waals surface area contributed by atoms with Gasteiger partial charge in [-0.2, -0.15) is 0 Å². The Morgan fingerprint density at radius 1 is 1.35 bits per heavy atom. The van der Waals surface area contributed by atoms with Gasteiger partial charge in [-0.3, -0.25) is 4.57 Å². The fourth-order valence-electron chi connectivity index (χ4n) is 1.63. The standard InChI is InChI=1S/C13H15N3O/c1-11-4-2-5-12(10-11)14-7-9-16-8-3-6-15-13(16)17/h2-6,8,10,14H,7,9H2,1H3. The van der Waals surface area contributed by atoms with Gasteiger partial charge >= 0.3 is 5.69 Å². The van der Waals surface area contributed by atoms with Gasteiger partial charge < -0.3 is 5.32 Å². The monoisotopic (exact) mass is 229 g/mol. The summed E-state index contributed by atoms with van der Waals surface area (Å²) in [5.74, 6) is 0. The van der Waals surface area contributed by atoms with E-state index in [4.69, 9.17) is 0 Å². The van der Waals surface area contributed by atoms with Crippen LogP contribution in [0.5, 0.6) is 0 Å². The quantitative estimate of drug-likeness (QED) is 0.867. The number of nitrogens with zero attached hydrogens (tertiary/aromatic N) is 2. The maximum Gasteiger partial charge on any atom is 0.347 e. The number of aryl methyl sites for hydroxylation is 1. The summed E-state index contributed by atoms with van der Waals surface area (Å²) in [6.45, 7) is 3.37. The fraction of sp³-hybridized carbons (Fsp3) is 0.231. The van der Waals surface area contributed by atoms with Crippen molar-refractivity contribution >= 4 is 5.69 Å². The summed E-state index contributed by atoms with van der Waals surface area (Å²) in [5.41, 5.74) is 2.08. The molecule has 1 aromatic carbocycles. The molecule has 1 aromatic heterocycles. The Bertz CT molecular complexity index is 548.